The highest BCUT2D eigenvalue weighted by Crippen LogP contribution is 2.14. The zero-order valence-electron chi connectivity index (χ0n) is 6.57. The second-order valence-corrected chi connectivity index (χ2v) is 2.62. The topological polar surface area (TPSA) is 40.5 Å². The van der Waals surface area contributed by atoms with Crippen LogP contribution in [0.15, 0.2) is 24.3 Å². The summed E-state index contributed by atoms with van der Waals surface area (Å²) in [5.41, 5.74) is 0.625. The molecule has 0 aliphatic heterocycles. The lowest BCUT2D eigenvalue weighted by atomic mass is 10.0. The summed E-state index contributed by atoms with van der Waals surface area (Å²) in [5.74, 6) is -0.722. The summed E-state index contributed by atoms with van der Waals surface area (Å²) in [6, 6.07) is 5.88. The molecule has 0 amide bonds. The summed E-state index contributed by atoms with van der Waals surface area (Å²) in [5, 5.41) is 17.6. The second kappa shape index (κ2) is 4.18. The number of benzene rings is 1. The smallest absolute Gasteiger partial charge is 0.123 e. The Balaban J connectivity index is 2.85. The summed E-state index contributed by atoms with van der Waals surface area (Å²) in [7, 11) is 0. The van der Waals surface area contributed by atoms with Crippen LogP contribution in [0, 0.1) is 5.82 Å². The van der Waals surface area contributed by atoms with Gasteiger partial charge in [-0.1, -0.05) is 12.1 Å². The Morgan fingerprint density at radius 3 is 2.42 bits per heavy atom. The van der Waals surface area contributed by atoms with E-state index in [1.165, 1.54) is 12.1 Å². The predicted molar refractivity (Wildman–Crippen MR) is 43.3 cm³/mol. The van der Waals surface area contributed by atoms with E-state index in [1.54, 1.807) is 12.1 Å². The van der Waals surface area contributed by atoms with Crippen LogP contribution in [0.4, 0.5) is 4.39 Å². The van der Waals surface area contributed by atoms with Crippen molar-refractivity contribution in [2.75, 3.05) is 13.2 Å². The third kappa shape index (κ3) is 2.03. The number of aliphatic hydroxyl groups is 2. The van der Waals surface area contributed by atoms with Gasteiger partial charge >= 0.3 is 0 Å². The van der Waals surface area contributed by atoms with E-state index in [2.05, 4.69) is 0 Å². The first-order chi connectivity index (χ1) is 5.77. The molecule has 2 N–H and O–H groups in total. The van der Waals surface area contributed by atoms with Crippen LogP contribution in [-0.4, -0.2) is 23.4 Å². The standard InChI is InChI=1S/C9H11FO2/c10-9-3-1-2-7(4-9)8(5-11)6-12/h1-4,8,11-12H,5-6H2. The van der Waals surface area contributed by atoms with Gasteiger partial charge in [-0.05, 0) is 17.7 Å². The molecule has 0 heterocycles. The van der Waals surface area contributed by atoms with Crippen molar-refractivity contribution in [3.05, 3.63) is 35.6 Å². The van der Waals surface area contributed by atoms with Gasteiger partial charge in [-0.2, -0.15) is 0 Å². The first-order valence-electron chi connectivity index (χ1n) is 3.75. The van der Waals surface area contributed by atoms with Crippen molar-refractivity contribution in [1.82, 2.24) is 0 Å². The van der Waals surface area contributed by atoms with Gasteiger partial charge in [0.2, 0.25) is 0 Å². The minimum absolute atomic E-state index is 0.167. The lowest BCUT2D eigenvalue weighted by Crippen LogP contribution is -2.08. The third-order valence-corrected chi connectivity index (χ3v) is 1.76. The zero-order chi connectivity index (χ0) is 8.97. The summed E-state index contributed by atoms with van der Waals surface area (Å²) >= 11 is 0. The van der Waals surface area contributed by atoms with Crippen LogP contribution in [0.1, 0.15) is 11.5 Å². The summed E-state index contributed by atoms with van der Waals surface area (Å²) in [4.78, 5) is 0. The van der Waals surface area contributed by atoms with Gasteiger partial charge in [0.25, 0.3) is 0 Å². The molecular weight excluding hydrogens is 159 g/mol. The van der Waals surface area contributed by atoms with Crippen LogP contribution < -0.4 is 0 Å². The lowest BCUT2D eigenvalue weighted by molar-refractivity contribution is 0.192. The summed E-state index contributed by atoms with van der Waals surface area (Å²) in [6.45, 7) is -0.333. The van der Waals surface area contributed by atoms with Gasteiger partial charge in [0.1, 0.15) is 5.82 Å². The maximum atomic E-state index is 12.6. The summed E-state index contributed by atoms with van der Waals surface area (Å²) < 4.78 is 12.6. The Hall–Kier alpha value is -0.930. The van der Waals surface area contributed by atoms with Crippen molar-refractivity contribution >= 4 is 0 Å². The molecule has 0 aliphatic rings. The van der Waals surface area contributed by atoms with Gasteiger partial charge in [-0.25, -0.2) is 4.39 Å². The van der Waals surface area contributed by atoms with E-state index in [-0.39, 0.29) is 24.9 Å². The molecule has 0 saturated carbocycles. The summed E-state index contributed by atoms with van der Waals surface area (Å²) in [6.07, 6.45) is 0. The molecule has 0 spiro atoms. The van der Waals surface area contributed by atoms with Crippen molar-refractivity contribution in [3.63, 3.8) is 0 Å². The van der Waals surface area contributed by atoms with Crippen molar-refractivity contribution in [3.8, 4) is 0 Å². The van der Waals surface area contributed by atoms with Crippen molar-refractivity contribution in [1.29, 1.82) is 0 Å². The van der Waals surface area contributed by atoms with E-state index < -0.39 is 0 Å². The van der Waals surface area contributed by atoms with Gasteiger partial charge in [0, 0.05) is 5.92 Å². The largest absolute Gasteiger partial charge is 0.396 e. The van der Waals surface area contributed by atoms with Crippen molar-refractivity contribution < 1.29 is 14.6 Å². The second-order valence-electron chi connectivity index (χ2n) is 2.62. The maximum absolute atomic E-state index is 12.6. The molecule has 0 aromatic heterocycles. The van der Waals surface area contributed by atoms with Crippen LogP contribution in [0.25, 0.3) is 0 Å². The Bertz CT molecular complexity index is 246. The van der Waals surface area contributed by atoms with E-state index in [1.807, 2.05) is 0 Å². The fourth-order valence-electron chi connectivity index (χ4n) is 1.03. The highest BCUT2D eigenvalue weighted by molar-refractivity contribution is 5.20. The lowest BCUT2D eigenvalue weighted by Gasteiger charge is -2.10. The predicted octanol–water partition coefficient (Wildman–Crippen LogP) is 0.894. The van der Waals surface area contributed by atoms with Crippen molar-refractivity contribution in [2.45, 2.75) is 5.92 Å². The van der Waals surface area contributed by atoms with Crippen LogP contribution >= 0.6 is 0 Å². The average Bonchev–Trinajstić information content (AvgIpc) is 2.07. The molecule has 0 bridgehead atoms. The van der Waals surface area contributed by atoms with Crippen molar-refractivity contribution in [2.24, 2.45) is 0 Å². The number of aliphatic hydroxyl groups excluding tert-OH is 2. The van der Waals surface area contributed by atoms with Crippen LogP contribution in [0.2, 0.25) is 0 Å². The number of rotatable bonds is 3. The monoisotopic (exact) mass is 170 g/mol. The minimum atomic E-state index is -0.374. The van der Waals surface area contributed by atoms with Gasteiger partial charge < -0.3 is 10.2 Å². The molecule has 3 heteroatoms. The van der Waals surface area contributed by atoms with E-state index >= 15 is 0 Å². The first-order valence-corrected chi connectivity index (χ1v) is 3.75. The fourth-order valence-corrected chi connectivity index (χ4v) is 1.03. The zero-order valence-corrected chi connectivity index (χ0v) is 6.57. The first kappa shape index (κ1) is 9.16. The Morgan fingerprint density at radius 1 is 1.25 bits per heavy atom. The van der Waals surface area contributed by atoms with Gasteiger partial charge in [0.15, 0.2) is 0 Å². The quantitative estimate of drug-likeness (QED) is 0.707. The molecule has 2 nitrogen and oxygen atoms in total. The highest BCUT2D eigenvalue weighted by Gasteiger charge is 2.08. The molecular formula is C9H11FO2. The fraction of sp³-hybridized carbons (Fsp3) is 0.333. The van der Waals surface area contributed by atoms with E-state index in [0.29, 0.717) is 5.56 Å². The van der Waals surface area contributed by atoms with E-state index in [0.717, 1.165) is 0 Å². The molecule has 0 atom stereocenters. The molecule has 0 radical (unpaired) electrons. The molecule has 0 aliphatic carbocycles. The van der Waals surface area contributed by atoms with Gasteiger partial charge in [0.05, 0.1) is 13.2 Å². The molecule has 1 rings (SSSR count). The maximum Gasteiger partial charge on any atom is 0.123 e. The number of hydrogen-bond donors (Lipinski definition) is 2. The van der Waals surface area contributed by atoms with E-state index in [9.17, 15) is 4.39 Å². The average molecular weight is 170 g/mol. The Kier molecular flexibility index (Phi) is 3.19. The van der Waals surface area contributed by atoms with Gasteiger partial charge in [-0.3, -0.25) is 0 Å². The van der Waals surface area contributed by atoms with E-state index in [4.69, 9.17) is 10.2 Å². The molecule has 12 heavy (non-hydrogen) atoms. The molecule has 0 fully saturated rings. The molecule has 1 aromatic carbocycles. The third-order valence-electron chi connectivity index (χ3n) is 1.76. The van der Waals surface area contributed by atoms with Crippen LogP contribution in [0.5, 0.6) is 0 Å². The molecule has 66 valence electrons. The number of halogens is 1. The highest BCUT2D eigenvalue weighted by atomic mass is 19.1. The minimum Gasteiger partial charge on any atom is -0.396 e. The number of hydrogen-bond acceptors (Lipinski definition) is 2. The molecule has 0 saturated heterocycles. The Morgan fingerprint density at radius 2 is 1.92 bits per heavy atom. The Labute approximate surface area is 70.3 Å². The normalized spacial score (nSPS) is 10.7. The molecule has 1 aromatic rings. The van der Waals surface area contributed by atoms with Crippen LogP contribution in [-0.2, 0) is 0 Å². The van der Waals surface area contributed by atoms with Crippen LogP contribution in [0.3, 0.4) is 0 Å². The molecule has 0 unspecified atom stereocenters. The van der Waals surface area contributed by atoms with Gasteiger partial charge in [-0.15, -0.1) is 0 Å². The SMILES string of the molecule is OCC(CO)c1cccc(F)c1.